The molecule has 2 atom stereocenters. The van der Waals surface area contributed by atoms with Crippen molar-refractivity contribution in [1.82, 2.24) is 5.32 Å². The molecule has 1 aromatic rings. The highest BCUT2D eigenvalue weighted by atomic mass is 35.5. The fourth-order valence-electron chi connectivity index (χ4n) is 2.70. The smallest absolute Gasteiger partial charge is 0.150 e. The number of sulfone groups is 1. The molecule has 1 aromatic carbocycles. The minimum Gasteiger partial charge on any atom is -0.310 e. The maximum atomic E-state index is 14.1. The first-order chi connectivity index (χ1) is 9.44. The van der Waals surface area contributed by atoms with E-state index in [9.17, 15) is 12.8 Å². The molecular formula is C14H19ClFNO2S. The molecule has 1 aliphatic heterocycles. The molecule has 1 fully saturated rings. The molecule has 0 bridgehead atoms. The number of rotatable bonds is 5. The summed E-state index contributed by atoms with van der Waals surface area (Å²) in [5.74, 6) is -0.232. The molecule has 2 unspecified atom stereocenters. The molecule has 0 aliphatic carbocycles. The third kappa shape index (κ3) is 3.51. The van der Waals surface area contributed by atoms with E-state index in [0.29, 0.717) is 23.6 Å². The number of benzene rings is 1. The Morgan fingerprint density at radius 3 is 2.80 bits per heavy atom. The Morgan fingerprint density at radius 1 is 1.50 bits per heavy atom. The van der Waals surface area contributed by atoms with Crippen molar-refractivity contribution in [2.75, 3.05) is 18.1 Å². The lowest BCUT2D eigenvalue weighted by Crippen LogP contribution is -2.30. The van der Waals surface area contributed by atoms with Crippen molar-refractivity contribution in [1.29, 1.82) is 0 Å². The molecular weight excluding hydrogens is 301 g/mol. The van der Waals surface area contributed by atoms with Gasteiger partial charge in [-0.25, -0.2) is 12.8 Å². The van der Waals surface area contributed by atoms with Crippen LogP contribution in [0, 0.1) is 11.7 Å². The number of halogens is 2. The van der Waals surface area contributed by atoms with Gasteiger partial charge in [0.15, 0.2) is 9.84 Å². The Hall–Kier alpha value is -0.650. The zero-order valence-electron chi connectivity index (χ0n) is 11.4. The van der Waals surface area contributed by atoms with E-state index >= 15 is 0 Å². The molecule has 6 heteroatoms. The largest absolute Gasteiger partial charge is 0.310 e. The average Bonchev–Trinajstić information content (AvgIpc) is 2.73. The fourth-order valence-corrected chi connectivity index (χ4v) is 4.82. The van der Waals surface area contributed by atoms with E-state index in [1.165, 1.54) is 6.07 Å². The second-order valence-corrected chi connectivity index (χ2v) is 7.87. The molecule has 2 rings (SSSR count). The van der Waals surface area contributed by atoms with E-state index in [1.807, 2.05) is 6.92 Å². The van der Waals surface area contributed by atoms with Gasteiger partial charge in [0.1, 0.15) is 5.82 Å². The number of hydrogen-bond acceptors (Lipinski definition) is 3. The summed E-state index contributed by atoms with van der Waals surface area (Å²) in [5.41, 5.74) is 0.393. The van der Waals surface area contributed by atoms with Gasteiger partial charge in [-0.2, -0.15) is 0 Å². The van der Waals surface area contributed by atoms with Crippen molar-refractivity contribution in [3.63, 3.8) is 0 Å². The summed E-state index contributed by atoms with van der Waals surface area (Å²) in [5, 5.41) is 3.61. The third-order valence-electron chi connectivity index (χ3n) is 3.66. The second kappa shape index (κ2) is 6.41. The minimum atomic E-state index is -3.00. The summed E-state index contributed by atoms with van der Waals surface area (Å²) < 4.78 is 37.4. The van der Waals surface area contributed by atoms with Gasteiger partial charge in [0, 0.05) is 16.6 Å². The summed E-state index contributed by atoms with van der Waals surface area (Å²) in [6.07, 6.45) is 1.44. The standard InChI is InChI=1S/C14H19ClFNO2S/c1-2-7-17-14(10-6-8-20(18,19)9-10)13-11(15)4-3-5-12(13)16/h3-5,10,14,17H,2,6-9H2,1H3. The minimum absolute atomic E-state index is 0.0963. The Kier molecular flexibility index (Phi) is 5.04. The normalized spacial score (nSPS) is 22.9. The lowest BCUT2D eigenvalue weighted by atomic mass is 9.92. The fraction of sp³-hybridized carbons (Fsp3) is 0.571. The SMILES string of the molecule is CCCNC(c1c(F)cccc1Cl)C1CCS(=O)(=O)C1. The van der Waals surface area contributed by atoms with Gasteiger partial charge in [0.05, 0.1) is 11.5 Å². The van der Waals surface area contributed by atoms with Crippen LogP contribution in [0.15, 0.2) is 18.2 Å². The lowest BCUT2D eigenvalue weighted by molar-refractivity contribution is 0.380. The Morgan fingerprint density at radius 2 is 2.25 bits per heavy atom. The van der Waals surface area contributed by atoms with Gasteiger partial charge in [-0.1, -0.05) is 24.6 Å². The van der Waals surface area contributed by atoms with Crippen LogP contribution in [0.4, 0.5) is 4.39 Å². The van der Waals surface area contributed by atoms with Gasteiger partial charge < -0.3 is 5.32 Å². The van der Waals surface area contributed by atoms with Crippen LogP contribution in [0.5, 0.6) is 0 Å². The van der Waals surface area contributed by atoms with E-state index in [-0.39, 0.29) is 29.3 Å². The maximum Gasteiger partial charge on any atom is 0.150 e. The second-order valence-electron chi connectivity index (χ2n) is 5.23. The van der Waals surface area contributed by atoms with E-state index < -0.39 is 9.84 Å². The van der Waals surface area contributed by atoms with Crippen LogP contribution >= 0.6 is 11.6 Å². The average molecular weight is 320 g/mol. The van der Waals surface area contributed by atoms with Crippen LogP contribution in [0.3, 0.4) is 0 Å². The molecule has 1 heterocycles. The molecule has 3 nitrogen and oxygen atoms in total. The Labute approximate surface area is 124 Å². The summed E-state index contributed by atoms with van der Waals surface area (Å²) in [4.78, 5) is 0. The van der Waals surface area contributed by atoms with Crippen LogP contribution in [0.25, 0.3) is 0 Å². The Balaban J connectivity index is 2.33. The predicted octanol–water partition coefficient (Wildman–Crippen LogP) is 2.95. The number of nitrogens with one attached hydrogen (secondary N) is 1. The van der Waals surface area contributed by atoms with Crippen molar-refractivity contribution in [2.24, 2.45) is 5.92 Å². The van der Waals surface area contributed by atoms with Gasteiger partial charge in [0.2, 0.25) is 0 Å². The van der Waals surface area contributed by atoms with Crippen molar-refractivity contribution < 1.29 is 12.8 Å². The van der Waals surface area contributed by atoms with Crippen LogP contribution in [0.2, 0.25) is 5.02 Å². The van der Waals surface area contributed by atoms with E-state index in [4.69, 9.17) is 11.6 Å². The molecule has 1 N–H and O–H groups in total. The summed E-state index contributed by atoms with van der Waals surface area (Å²) in [6.45, 7) is 2.71. The molecule has 1 aliphatic rings. The first-order valence-electron chi connectivity index (χ1n) is 6.82. The molecule has 0 aromatic heterocycles. The van der Waals surface area contributed by atoms with E-state index in [2.05, 4.69) is 5.32 Å². The maximum absolute atomic E-state index is 14.1. The molecule has 0 radical (unpaired) electrons. The van der Waals surface area contributed by atoms with Crippen LogP contribution < -0.4 is 5.32 Å². The van der Waals surface area contributed by atoms with E-state index in [0.717, 1.165) is 6.42 Å². The van der Waals surface area contributed by atoms with Gasteiger partial charge in [0.25, 0.3) is 0 Å². The quantitative estimate of drug-likeness (QED) is 0.907. The van der Waals surface area contributed by atoms with Gasteiger partial charge in [-0.3, -0.25) is 0 Å². The Bertz CT molecular complexity index is 556. The highest BCUT2D eigenvalue weighted by Gasteiger charge is 2.36. The topological polar surface area (TPSA) is 46.2 Å². The highest BCUT2D eigenvalue weighted by molar-refractivity contribution is 7.91. The zero-order valence-corrected chi connectivity index (χ0v) is 13.0. The van der Waals surface area contributed by atoms with Gasteiger partial charge >= 0.3 is 0 Å². The van der Waals surface area contributed by atoms with Gasteiger partial charge in [-0.05, 0) is 37.4 Å². The van der Waals surface area contributed by atoms with Crippen molar-refractivity contribution in [3.8, 4) is 0 Å². The van der Waals surface area contributed by atoms with Crippen molar-refractivity contribution in [2.45, 2.75) is 25.8 Å². The molecule has 1 saturated heterocycles. The highest BCUT2D eigenvalue weighted by Crippen LogP contribution is 2.36. The molecule has 112 valence electrons. The number of hydrogen-bond donors (Lipinski definition) is 1. The first-order valence-corrected chi connectivity index (χ1v) is 9.02. The van der Waals surface area contributed by atoms with Crippen LogP contribution in [-0.4, -0.2) is 26.5 Å². The van der Waals surface area contributed by atoms with Crippen LogP contribution in [0.1, 0.15) is 31.4 Å². The van der Waals surface area contributed by atoms with Crippen molar-refractivity contribution in [3.05, 3.63) is 34.6 Å². The first kappa shape index (κ1) is 15.7. The van der Waals surface area contributed by atoms with Crippen molar-refractivity contribution >= 4 is 21.4 Å². The predicted molar refractivity (Wildman–Crippen MR) is 79.2 cm³/mol. The van der Waals surface area contributed by atoms with E-state index in [1.54, 1.807) is 12.1 Å². The molecule has 20 heavy (non-hydrogen) atoms. The molecule has 0 spiro atoms. The van der Waals surface area contributed by atoms with Gasteiger partial charge in [-0.15, -0.1) is 0 Å². The summed E-state index contributed by atoms with van der Waals surface area (Å²) in [7, 11) is -3.00. The molecule has 0 saturated carbocycles. The zero-order chi connectivity index (χ0) is 14.8. The summed E-state index contributed by atoms with van der Waals surface area (Å²) in [6, 6.07) is 4.22. The van der Waals surface area contributed by atoms with Crippen LogP contribution in [-0.2, 0) is 9.84 Å². The summed E-state index contributed by atoms with van der Waals surface area (Å²) >= 11 is 6.12. The monoisotopic (exact) mass is 319 g/mol. The lowest BCUT2D eigenvalue weighted by Gasteiger charge is -2.25. The molecule has 0 amide bonds. The third-order valence-corrected chi connectivity index (χ3v) is 5.79.